The molecule has 3 atom stereocenters. The molecule has 0 aromatic carbocycles. The Bertz CT molecular complexity index is 495. The molecule has 2 rings (SSSR count). The number of nitrogens with zero attached hydrogens (tertiary/aromatic N) is 1. The molecule has 2 fully saturated rings. The number of nitrogens with one attached hydrogen (secondary N) is 3. The van der Waals surface area contributed by atoms with Crippen molar-refractivity contribution in [3.63, 3.8) is 0 Å². The second kappa shape index (κ2) is 9.32. The number of carbonyl (C=O) groups is 1. The first-order valence-electron chi connectivity index (χ1n) is 9.30. The first-order chi connectivity index (χ1) is 12.3. The molecule has 9 heteroatoms. The molecule has 3 N–H and O–H groups in total. The molecule has 0 spiro atoms. The van der Waals surface area contributed by atoms with E-state index in [1.165, 1.54) is 0 Å². The number of hydrogen-bond acceptors (Lipinski definition) is 3. The summed E-state index contributed by atoms with van der Waals surface area (Å²) in [7, 11) is 1.59. The number of hydrogen-bond donors (Lipinski definition) is 3. The summed E-state index contributed by atoms with van der Waals surface area (Å²) >= 11 is 0. The largest absolute Gasteiger partial charge is 0.450 e. The lowest BCUT2D eigenvalue weighted by molar-refractivity contribution is -0.183. The first-order valence-corrected chi connectivity index (χ1v) is 9.30. The van der Waals surface area contributed by atoms with Gasteiger partial charge in [0.05, 0.1) is 18.6 Å². The molecule has 0 aromatic heterocycles. The topological polar surface area (TPSA) is 74.8 Å². The zero-order valence-corrected chi connectivity index (χ0v) is 15.4. The van der Waals surface area contributed by atoms with Crippen LogP contribution in [0.1, 0.15) is 45.4 Å². The van der Waals surface area contributed by atoms with Crippen LogP contribution in [0.25, 0.3) is 0 Å². The molecular weight excluding hydrogens is 349 g/mol. The van der Waals surface area contributed by atoms with Crippen molar-refractivity contribution >= 4 is 12.1 Å². The van der Waals surface area contributed by atoms with Crippen molar-refractivity contribution in [2.24, 2.45) is 16.8 Å². The maximum atomic E-state index is 12.9. The smallest absolute Gasteiger partial charge is 0.407 e. The molecule has 0 bridgehead atoms. The molecule has 2 aliphatic rings. The Balaban J connectivity index is 1.81. The molecule has 0 heterocycles. The maximum absolute atomic E-state index is 12.9. The summed E-state index contributed by atoms with van der Waals surface area (Å²) < 4.78 is 43.7. The van der Waals surface area contributed by atoms with Crippen LogP contribution in [0.2, 0.25) is 0 Å². The molecule has 1 amide bonds. The van der Waals surface area contributed by atoms with Gasteiger partial charge in [0.1, 0.15) is 0 Å². The van der Waals surface area contributed by atoms with E-state index in [1.54, 1.807) is 14.0 Å². The standard InChI is InChI=1S/C17H29F3N4O2/c1-3-26-16(25)24-14(11-7-8-11)10-22-15(21-2)23-13-6-4-5-12(9-13)17(18,19)20/h11-14H,3-10H2,1-2H3,(H,24,25)(H2,21,22,23). The number of alkyl carbamates (subject to hydrolysis) is 1. The summed E-state index contributed by atoms with van der Waals surface area (Å²) in [6, 6.07) is -0.333. The highest BCUT2D eigenvalue weighted by Gasteiger charge is 2.42. The van der Waals surface area contributed by atoms with Gasteiger partial charge in [-0.3, -0.25) is 4.99 Å². The monoisotopic (exact) mass is 378 g/mol. The van der Waals surface area contributed by atoms with Gasteiger partial charge in [0, 0.05) is 19.6 Å². The summed E-state index contributed by atoms with van der Waals surface area (Å²) in [5.41, 5.74) is 0. The summed E-state index contributed by atoms with van der Waals surface area (Å²) in [6.07, 6.45) is -0.999. The number of ether oxygens (including phenoxy) is 1. The molecule has 0 aromatic rings. The van der Waals surface area contributed by atoms with Gasteiger partial charge in [-0.25, -0.2) is 4.79 Å². The molecule has 2 saturated carbocycles. The summed E-state index contributed by atoms with van der Waals surface area (Å²) in [6.45, 7) is 2.51. The Morgan fingerprint density at radius 2 is 2.00 bits per heavy atom. The van der Waals surface area contributed by atoms with Crippen molar-refractivity contribution in [1.82, 2.24) is 16.0 Å². The molecule has 0 aliphatic heterocycles. The fourth-order valence-electron chi connectivity index (χ4n) is 3.37. The lowest BCUT2D eigenvalue weighted by atomic mass is 9.85. The van der Waals surface area contributed by atoms with Gasteiger partial charge in [-0.2, -0.15) is 13.2 Å². The zero-order chi connectivity index (χ0) is 19.2. The van der Waals surface area contributed by atoms with Crippen LogP contribution in [-0.2, 0) is 4.74 Å². The fraction of sp³-hybridized carbons (Fsp3) is 0.882. The highest BCUT2D eigenvalue weighted by Crippen LogP contribution is 2.37. The van der Waals surface area contributed by atoms with Crippen molar-refractivity contribution in [3.8, 4) is 0 Å². The van der Waals surface area contributed by atoms with Crippen molar-refractivity contribution in [2.75, 3.05) is 20.2 Å². The second-order valence-electron chi connectivity index (χ2n) is 7.01. The van der Waals surface area contributed by atoms with Gasteiger partial charge in [0.15, 0.2) is 5.96 Å². The maximum Gasteiger partial charge on any atom is 0.407 e. The highest BCUT2D eigenvalue weighted by atomic mass is 19.4. The predicted molar refractivity (Wildman–Crippen MR) is 93.0 cm³/mol. The number of amides is 1. The molecule has 2 aliphatic carbocycles. The lowest BCUT2D eigenvalue weighted by Crippen LogP contribution is -2.51. The molecule has 0 saturated heterocycles. The normalized spacial score (nSPS) is 25.3. The molecule has 150 valence electrons. The average molecular weight is 378 g/mol. The van der Waals surface area contributed by atoms with Crippen molar-refractivity contribution in [2.45, 2.75) is 63.7 Å². The molecule has 3 unspecified atom stereocenters. The van der Waals surface area contributed by atoms with Crippen molar-refractivity contribution in [3.05, 3.63) is 0 Å². The van der Waals surface area contributed by atoms with Gasteiger partial charge in [-0.15, -0.1) is 0 Å². The summed E-state index contributed by atoms with van der Waals surface area (Å²) in [5.74, 6) is -0.389. The number of alkyl halides is 3. The van der Waals surface area contributed by atoms with E-state index in [0.717, 1.165) is 12.8 Å². The van der Waals surface area contributed by atoms with Crippen LogP contribution >= 0.6 is 0 Å². The number of carbonyl (C=O) groups excluding carboxylic acids is 1. The third-order valence-electron chi connectivity index (χ3n) is 4.96. The highest BCUT2D eigenvalue weighted by molar-refractivity contribution is 5.80. The molecule has 26 heavy (non-hydrogen) atoms. The Morgan fingerprint density at radius 1 is 1.27 bits per heavy atom. The van der Waals surface area contributed by atoms with E-state index in [9.17, 15) is 18.0 Å². The zero-order valence-electron chi connectivity index (χ0n) is 15.4. The molecular formula is C17H29F3N4O2. The van der Waals surface area contributed by atoms with E-state index in [-0.39, 0.29) is 24.9 Å². The van der Waals surface area contributed by atoms with Gasteiger partial charge >= 0.3 is 12.3 Å². The average Bonchev–Trinajstić information content (AvgIpc) is 3.42. The minimum Gasteiger partial charge on any atom is -0.450 e. The molecule has 6 nitrogen and oxygen atoms in total. The Labute approximate surface area is 152 Å². The van der Waals surface area contributed by atoms with Gasteiger partial charge in [-0.05, 0) is 44.9 Å². The number of aliphatic imine (C=N–C) groups is 1. The van der Waals surface area contributed by atoms with Crippen LogP contribution < -0.4 is 16.0 Å². The van der Waals surface area contributed by atoms with Gasteiger partial charge in [-0.1, -0.05) is 6.42 Å². The van der Waals surface area contributed by atoms with E-state index >= 15 is 0 Å². The first kappa shape index (κ1) is 20.6. The third-order valence-corrected chi connectivity index (χ3v) is 4.96. The van der Waals surface area contributed by atoms with E-state index in [0.29, 0.717) is 37.9 Å². The van der Waals surface area contributed by atoms with E-state index < -0.39 is 18.2 Å². The number of halogens is 3. The van der Waals surface area contributed by atoms with Crippen LogP contribution in [0.4, 0.5) is 18.0 Å². The van der Waals surface area contributed by atoms with E-state index in [2.05, 4.69) is 20.9 Å². The lowest BCUT2D eigenvalue weighted by Gasteiger charge is -2.32. The minimum absolute atomic E-state index is 0.0668. The van der Waals surface area contributed by atoms with Gasteiger partial charge < -0.3 is 20.7 Å². The number of guanidine groups is 1. The van der Waals surface area contributed by atoms with Crippen LogP contribution in [0.5, 0.6) is 0 Å². The summed E-state index contributed by atoms with van der Waals surface area (Å²) in [4.78, 5) is 15.7. The van der Waals surface area contributed by atoms with E-state index in [4.69, 9.17) is 4.74 Å². The SMILES string of the molecule is CCOC(=O)NC(CNC(=NC)NC1CCCC(C(F)(F)F)C1)C1CC1. The van der Waals surface area contributed by atoms with E-state index in [1.807, 2.05) is 0 Å². The quantitative estimate of drug-likeness (QED) is 0.491. The van der Waals surface area contributed by atoms with Gasteiger partial charge in [0.25, 0.3) is 0 Å². The second-order valence-corrected chi connectivity index (χ2v) is 7.01. The molecule has 0 radical (unpaired) electrons. The fourth-order valence-corrected chi connectivity index (χ4v) is 3.37. The Morgan fingerprint density at radius 3 is 2.58 bits per heavy atom. The third kappa shape index (κ3) is 6.57. The van der Waals surface area contributed by atoms with Crippen molar-refractivity contribution < 1.29 is 22.7 Å². The van der Waals surface area contributed by atoms with Crippen LogP contribution in [0.3, 0.4) is 0 Å². The van der Waals surface area contributed by atoms with Crippen LogP contribution in [0.15, 0.2) is 4.99 Å². The van der Waals surface area contributed by atoms with Crippen molar-refractivity contribution in [1.29, 1.82) is 0 Å². The minimum atomic E-state index is -4.14. The Hall–Kier alpha value is -1.67. The van der Waals surface area contributed by atoms with Crippen LogP contribution in [0, 0.1) is 11.8 Å². The predicted octanol–water partition coefficient (Wildman–Crippen LogP) is 2.80. The summed E-state index contributed by atoms with van der Waals surface area (Å²) in [5, 5.41) is 9.06. The number of rotatable bonds is 6. The Kier molecular flexibility index (Phi) is 7.40. The van der Waals surface area contributed by atoms with Crippen LogP contribution in [-0.4, -0.2) is 50.5 Å². The van der Waals surface area contributed by atoms with Gasteiger partial charge in [0.2, 0.25) is 0 Å².